The summed E-state index contributed by atoms with van der Waals surface area (Å²) in [5, 5.41) is 0. The molecule has 1 aromatic rings. The summed E-state index contributed by atoms with van der Waals surface area (Å²) in [6.07, 6.45) is 1.28. The van der Waals surface area contributed by atoms with Crippen LogP contribution in [0.4, 0.5) is 0 Å². The molecule has 2 rings (SSSR count). The van der Waals surface area contributed by atoms with Crippen LogP contribution in [0.3, 0.4) is 0 Å². The van der Waals surface area contributed by atoms with E-state index in [9.17, 15) is 9.59 Å². The van der Waals surface area contributed by atoms with Gasteiger partial charge in [0, 0.05) is 13.1 Å². The van der Waals surface area contributed by atoms with Gasteiger partial charge in [0.05, 0.1) is 13.0 Å². The maximum Gasteiger partial charge on any atom is 0.308 e. The molecule has 108 valence electrons. The summed E-state index contributed by atoms with van der Waals surface area (Å²) in [4.78, 5) is 25.5. The number of likely N-dealkylation sites (tertiary alicyclic amines) is 1. The molecule has 1 fully saturated rings. The number of methoxy groups -OCH3 is 1. The summed E-state index contributed by atoms with van der Waals surface area (Å²) < 4.78 is 4.74. The zero-order chi connectivity index (χ0) is 14.5. The van der Waals surface area contributed by atoms with Crippen LogP contribution < -0.4 is 5.73 Å². The predicted octanol–water partition coefficient (Wildman–Crippen LogP) is 1.10. The van der Waals surface area contributed by atoms with Crippen molar-refractivity contribution in [3.8, 4) is 0 Å². The van der Waals surface area contributed by atoms with Gasteiger partial charge in [0.25, 0.3) is 0 Å². The number of hydrogen-bond acceptors (Lipinski definition) is 4. The van der Waals surface area contributed by atoms with Crippen molar-refractivity contribution in [1.82, 2.24) is 4.90 Å². The van der Waals surface area contributed by atoms with Crippen LogP contribution in [0, 0.1) is 5.92 Å². The van der Waals surface area contributed by atoms with Crippen LogP contribution in [-0.4, -0.2) is 37.0 Å². The first-order chi connectivity index (χ1) is 9.63. The third-order valence-electron chi connectivity index (χ3n) is 3.77. The number of hydrogen-bond donors (Lipinski definition) is 1. The van der Waals surface area contributed by atoms with Gasteiger partial charge in [0.1, 0.15) is 6.04 Å². The molecule has 20 heavy (non-hydrogen) atoms. The molecule has 1 aliphatic rings. The number of nitrogens with two attached hydrogens (primary N) is 1. The molecular weight excluding hydrogens is 256 g/mol. The Balaban J connectivity index is 1.93. The normalized spacial score (nSPS) is 17.6. The SMILES string of the molecule is COC(=O)C1CCN(C(=O)C(N)c2ccccc2)CC1. The highest BCUT2D eigenvalue weighted by molar-refractivity contribution is 5.83. The Kier molecular flexibility index (Phi) is 4.74. The molecule has 1 saturated heterocycles. The van der Waals surface area contributed by atoms with Crippen molar-refractivity contribution in [1.29, 1.82) is 0 Å². The molecule has 5 heteroatoms. The van der Waals surface area contributed by atoms with E-state index in [4.69, 9.17) is 10.5 Å². The number of carbonyl (C=O) groups is 2. The maximum absolute atomic E-state index is 12.3. The highest BCUT2D eigenvalue weighted by Crippen LogP contribution is 2.21. The van der Waals surface area contributed by atoms with E-state index in [1.165, 1.54) is 7.11 Å². The number of piperidine rings is 1. The number of nitrogens with zero attached hydrogens (tertiary/aromatic N) is 1. The van der Waals surface area contributed by atoms with E-state index in [1.54, 1.807) is 4.90 Å². The van der Waals surface area contributed by atoms with Crippen molar-refractivity contribution in [2.45, 2.75) is 18.9 Å². The quantitative estimate of drug-likeness (QED) is 0.839. The first-order valence-electron chi connectivity index (χ1n) is 6.80. The lowest BCUT2D eigenvalue weighted by Gasteiger charge is -2.32. The second kappa shape index (κ2) is 6.52. The summed E-state index contributed by atoms with van der Waals surface area (Å²) in [6.45, 7) is 1.11. The van der Waals surface area contributed by atoms with Crippen LogP contribution in [0.5, 0.6) is 0 Å². The van der Waals surface area contributed by atoms with Crippen LogP contribution in [0.15, 0.2) is 30.3 Å². The lowest BCUT2D eigenvalue weighted by atomic mass is 9.96. The number of amides is 1. The van der Waals surface area contributed by atoms with Gasteiger partial charge in [-0.3, -0.25) is 9.59 Å². The third-order valence-corrected chi connectivity index (χ3v) is 3.77. The first kappa shape index (κ1) is 14.5. The van der Waals surface area contributed by atoms with Gasteiger partial charge in [-0.05, 0) is 18.4 Å². The van der Waals surface area contributed by atoms with Crippen molar-refractivity contribution in [2.24, 2.45) is 11.7 Å². The minimum atomic E-state index is -0.633. The smallest absolute Gasteiger partial charge is 0.308 e. The van der Waals surface area contributed by atoms with Crippen LogP contribution in [0.1, 0.15) is 24.4 Å². The molecule has 0 aliphatic carbocycles. The molecule has 1 aliphatic heterocycles. The average Bonchev–Trinajstić information content (AvgIpc) is 2.53. The van der Waals surface area contributed by atoms with E-state index in [0.717, 1.165) is 5.56 Å². The minimum absolute atomic E-state index is 0.0838. The third kappa shape index (κ3) is 3.17. The highest BCUT2D eigenvalue weighted by atomic mass is 16.5. The Morgan fingerprint density at radius 3 is 2.40 bits per heavy atom. The molecule has 0 radical (unpaired) electrons. The van der Waals surface area contributed by atoms with Crippen molar-refractivity contribution in [3.05, 3.63) is 35.9 Å². The van der Waals surface area contributed by atoms with Crippen LogP contribution in [0.2, 0.25) is 0 Å². The Morgan fingerprint density at radius 1 is 1.25 bits per heavy atom. The summed E-state index contributed by atoms with van der Waals surface area (Å²) >= 11 is 0. The average molecular weight is 276 g/mol. The maximum atomic E-state index is 12.3. The van der Waals surface area contributed by atoms with Gasteiger partial charge in [-0.25, -0.2) is 0 Å². The molecular formula is C15H20N2O3. The molecule has 1 aromatic carbocycles. The molecule has 2 N–H and O–H groups in total. The first-order valence-corrected chi connectivity index (χ1v) is 6.80. The van der Waals surface area contributed by atoms with Gasteiger partial charge >= 0.3 is 5.97 Å². The molecule has 0 bridgehead atoms. The standard InChI is InChI=1S/C15H20N2O3/c1-20-15(19)12-7-9-17(10-8-12)14(18)13(16)11-5-3-2-4-6-11/h2-6,12-13H,7-10,16H2,1H3. The van der Waals surface area contributed by atoms with E-state index >= 15 is 0 Å². The van der Waals surface area contributed by atoms with Crippen molar-refractivity contribution < 1.29 is 14.3 Å². The second-order valence-electron chi connectivity index (χ2n) is 5.01. The van der Waals surface area contributed by atoms with Gasteiger partial charge in [-0.1, -0.05) is 30.3 Å². The zero-order valence-corrected chi connectivity index (χ0v) is 11.6. The van der Waals surface area contributed by atoms with E-state index in [2.05, 4.69) is 0 Å². The predicted molar refractivity (Wildman–Crippen MR) is 74.7 cm³/mol. The molecule has 1 heterocycles. The van der Waals surface area contributed by atoms with Crippen molar-refractivity contribution in [3.63, 3.8) is 0 Å². The summed E-state index contributed by atoms with van der Waals surface area (Å²) in [6, 6.07) is 8.69. The molecule has 0 saturated carbocycles. The van der Waals surface area contributed by atoms with Crippen LogP contribution in [0.25, 0.3) is 0 Å². The Bertz CT molecular complexity index is 467. The summed E-state index contributed by atoms with van der Waals surface area (Å²) in [5.41, 5.74) is 6.82. The fourth-order valence-electron chi connectivity index (χ4n) is 2.50. The topological polar surface area (TPSA) is 72.6 Å². The fraction of sp³-hybridized carbons (Fsp3) is 0.467. The number of benzene rings is 1. The zero-order valence-electron chi connectivity index (χ0n) is 11.6. The lowest BCUT2D eigenvalue weighted by molar-refractivity contribution is -0.149. The fourth-order valence-corrected chi connectivity index (χ4v) is 2.50. The molecule has 0 aromatic heterocycles. The van der Waals surface area contributed by atoms with Crippen molar-refractivity contribution in [2.75, 3.05) is 20.2 Å². The number of rotatable bonds is 3. The lowest BCUT2D eigenvalue weighted by Crippen LogP contribution is -2.44. The van der Waals surface area contributed by atoms with Gasteiger partial charge < -0.3 is 15.4 Å². The number of ether oxygens (including phenoxy) is 1. The Labute approximate surface area is 118 Å². The molecule has 1 amide bonds. The molecule has 5 nitrogen and oxygen atoms in total. The second-order valence-corrected chi connectivity index (χ2v) is 5.01. The number of carbonyl (C=O) groups excluding carboxylic acids is 2. The molecule has 0 spiro atoms. The summed E-state index contributed by atoms with van der Waals surface area (Å²) in [7, 11) is 1.39. The van der Waals surface area contributed by atoms with E-state index < -0.39 is 6.04 Å². The van der Waals surface area contributed by atoms with E-state index in [1.807, 2.05) is 30.3 Å². The Morgan fingerprint density at radius 2 is 1.85 bits per heavy atom. The van der Waals surface area contributed by atoms with Gasteiger partial charge in [-0.15, -0.1) is 0 Å². The van der Waals surface area contributed by atoms with E-state index in [-0.39, 0.29) is 17.8 Å². The number of esters is 1. The van der Waals surface area contributed by atoms with Crippen LogP contribution in [-0.2, 0) is 14.3 Å². The highest BCUT2D eigenvalue weighted by Gasteiger charge is 2.30. The summed E-state index contributed by atoms with van der Waals surface area (Å²) in [5.74, 6) is -0.374. The monoisotopic (exact) mass is 276 g/mol. The van der Waals surface area contributed by atoms with Gasteiger partial charge in [0.2, 0.25) is 5.91 Å². The van der Waals surface area contributed by atoms with Crippen molar-refractivity contribution >= 4 is 11.9 Å². The van der Waals surface area contributed by atoms with E-state index in [0.29, 0.717) is 25.9 Å². The van der Waals surface area contributed by atoms with Gasteiger partial charge in [-0.2, -0.15) is 0 Å². The molecule has 1 atom stereocenters. The largest absolute Gasteiger partial charge is 0.469 e. The molecule has 1 unspecified atom stereocenters. The van der Waals surface area contributed by atoms with Crippen LogP contribution >= 0.6 is 0 Å². The van der Waals surface area contributed by atoms with Gasteiger partial charge in [0.15, 0.2) is 0 Å². The minimum Gasteiger partial charge on any atom is -0.469 e. The Hall–Kier alpha value is -1.88.